The summed E-state index contributed by atoms with van der Waals surface area (Å²) < 4.78 is 0. The summed E-state index contributed by atoms with van der Waals surface area (Å²) in [5.41, 5.74) is 8.48. The zero-order valence-electron chi connectivity index (χ0n) is 11.7. The monoisotopic (exact) mass is 287 g/mol. The number of hydrogen-bond acceptors (Lipinski definition) is 2. The van der Waals surface area contributed by atoms with Crippen molar-refractivity contribution in [3.8, 4) is 11.3 Å². The molecule has 0 atom stereocenters. The van der Waals surface area contributed by atoms with Crippen LogP contribution in [0.15, 0.2) is 60.8 Å². The molecule has 2 heterocycles. The number of nitrogens with one attached hydrogen (secondary N) is 1. The molecule has 0 unspecified atom stereocenters. The highest BCUT2D eigenvalue weighted by atomic mass is 16.1. The Bertz CT molecular complexity index is 1020. The number of nitrogens with two attached hydrogens (primary N) is 1. The number of rotatable bonds is 2. The van der Waals surface area contributed by atoms with Crippen LogP contribution in [0.4, 0.5) is 0 Å². The van der Waals surface area contributed by atoms with Crippen LogP contribution in [0.1, 0.15) is 10.5 Å². The molecule has 4 rings (SSSR count). The van der Waals surface area contributed by atoms with Gasteiger partial charge < -0.3 is 10.7 Å². The van der Waals surface area contributed by atoms with E-state index in [1.54, 1.807) is 6.07 Å². The number of aromatic amines is 1. The average molecular weight is 287 g/mol. The second-order valence-corrected chi connectivity index (χ2v) is 5.19. The number of primary amides is 1. The molecule has 4 nitrogen and oxygen atoms in total. The number of hydrogen-bond donors (Lipinski definition) is 2. The number of amides is 1. The van der Waals surface area contributed by atoms with Gasteiger partial charge in [0.15, 0.2) is 0 Å². The first-order valence-corrected chi connectivity index (χ1v) is 7.00. The van der Waals surface area contributed by atoms with Gasteiger partial charge in [-0.1, -0.05) is 42.5 Å². The van der Waals surface area contributed by atoms with Gasteiger partial charge in [0, 0.05) is 28.0 Å². The summed E-state index contributed by atoms with van der Waals surface area (Å²) in [6.07, 6.45) is 1.92. The molecule has 4 heteroatoms. The van der Waals surface area contributed by atoms with E-state index >= 15 is 0 Å². The van der Waals surface area contributed by atoms with Gasteiger partial charge in [0.2, 0.25) is 0 Å². The molecule has 0 spiro atoms. The van der Waals surface area contributed by atoms with E-state index < -0.39 is 5.91 Å². The van der Waals surface area contributed by atoms with Crippen LogP contribution in [-0.4, -0.2) is 15.9 Å². The third-order valence-electron chi connectivity index (χ3n) is 3.84. The first kappa shape index (κ1) is 12.6. The Hall–Kier alpha value is -3.14. The summed E-state index contributed by atoms with van der Waals surface area (Å²) in [7, 11) is 0. The van der Waals surface area contributed by atoms with Crippen molar-refractivity contribution in [3.63, 3.8) is 0 Å². The topological polar surface area (TPSA) is 71.8 Å². The Labute approximate surface area is 126 Å². The van der Waals surface area contributed by atoms with Gasteiger partial charge in [0.1, 0.15) is 5.69 Å². The number of H-pyrrole nitrogens is 1. The lowest BCUT2D eigenvalue weighted by Gasteiger charge is -2.07. The predicted octanol–water partition coefficient (Wildman–Crippen LogP) is 3.48. The Morgan fingerprint density at radius 1 is 1.00 bits per heavy atom. The van der Waals surface area contributed by atoms with Crippen molar-refractivity contribution < 1.29 is 4.79 Å². The maximum atomic E-state index is 11.6. The number of fused-ring (bicyclic) bond motifs is 2. The SMILES string of the molecule is NC(=O)c1cc2ccccc2c(-c2c[nH]c3ccccc23)n1. The van der Waals surface area contributed by atoms with E-state index in [4.69, 9.17) is 5.73 Å². The summed E-state index contributed by atoms with van der Waals surface area (Å²) in [5.74, 6) is -0.521. The van der Waals surface area contributed by atoms with Gasteiger partial charge in [-0.2, -0.15) is 0 Å². The molecular formula is C18H13N3O. The lowest BCUT2D eigenvalue weighted by atomic mass is 10.0. The number of carbonyl (C=O) groups is 1. The largest absolute Gasteiger partial charge is 0.364 e. The van der Waals surface area contributed by atoms with Crippen molar-refractivity contribution in [2.75, 3.05) is 0 Å². The predicted molar refractivity (Wildman–Crippen MR) is 87.6 cm³/mol. The summed E-state index contributed by atoms with van der Waals surface area (Å²) >= 11 is 0. The number of para-hydroxylation sites is 1. The van der Waals surface area contributed by atoms with Crippen molar-refractivity contribution in [2.24, 2.45) is 5.73 Å². The Morgan fingerprint density at radius 3 is 2.55 bits per heavy atom. The van der Waals surface area contributed by atoms with Crippen LogP contribution in [0.5, 0.6) is 0 Å². The van der Waals surface area contributed by atoms with Gasteiger partial charge in [-0.25, -0.2) is 4.98 Å². The fourth-order valence-electron chi connectivity index (χ4n) is 2.80. The van der Waals surface area contributed by atoms with Crippen molar-refractivity contribution >= 4 is 27.6 Å². The Morgan fingerprint density at radius 2 is 1.73 bits per heavy atom. The van der Waals surface area contributed by atoms with E-state index in [0.717, 1.165) is 32.9 Å². The highest BCUT2D eigenvalue weighted by Crippen LogP contribution is 2.32. The van der Waals surface area contributed by atoms with Gasteiger partial charge in [-0.15, -0.1) is 0 Å². The summed E-state index contributed by atoms with van der Waals surface area (Å²) in [4.78, 5) is 19.3. The number of nitrogens with zero attached hydrogens (tertiary/aromatic N) is 1. The summed E-state index contributed by atoms with van der Waals surface area (Å²) in [6.45, 7) is 0. The third kappa shape index (κ3) is 1.85. The van der Waals surface area contributed by atoms with Crippen LogP contribution in [-0.2, 0) is 0 Å². The van der Waals surface area contributed by atoms with Crippen LogP contribution in [0.25, 0.3) is 32.9 Å². The number of aromatic nitrogens is 2. The molecule has 0 aliphatic rings. The van der Waals surface area contributed by atoms with Crippen LogP contribution in [0, 0.1) is 0 Å². The zero-order valence-corrected chi connectivity index (χ0v) is 11.7. The number of pyridine rings is 1. The van der Waals surface area contributed by atoms with Crippen molar-refractivity contribution in [2.45, 2.75) is 0 Å². The molecule has 2 aromatic carbocycles. The molecular weight excluding hydrogens is 274 g/mol. The molecule has 1 amide bonds. The molecule has 0 radical (unpaired) electrons. The maximum Gasteiger partial charge on any atom is 0.267 e. The molecule has 0 bridgehead atoms. The Balaban J connectivity index is 2.11. The maximum absolute atomic E-state index is 11.6. The summed E-state index contributed by atoms with van der Waals surface area (Å²) in [5, 5.41) is 3.02. The van der Waals surface area contributed by atoms with Gasteiger partial charge in [0.05, 0.1) is 5.69 Å². The van der Waals surface area contributed by atoms with E-state index in [9.17, 15) is 4.79 Å². The van der Waals surface area contributed by atoms with Crippen molar-refractivity contribution in [3.05, 3.63) is 66.5 Å². The van der Waals surface area contributed by atoms with Crippen molar-refractivity contribution in [1.82, 2.24) is 9.97 Å². The van der Waals surface area contributed by atoms with E-state index in [2.05, 4.69) is 9.97 Å². The van der Waals surface area contributed by atoms with Gasteiger partial charge in [0.25, 0.3) is 5.91 Å². The molecule has 22 heavy (non-hydrogen) atoms. The van der Waals surface area contributed by atoms with E-state index in [-0.39, 0.29) is 5.69 Å². The molecule has 0 fully saturated rings. The molecule has 0 saturated heterocycles. The third-order valence-corrected chi connectivity index (χ3v) is 3.84. The van der Waals surface area contributed by atoms with Crippen LogP contribution in [0.3, 0.4) is 0 Å². The molecule has 106 valence electrons. The number of benzene rings is 2. The second kappa shape index (κ2) is 4.70. The van der Waals surface area contributed by atoms with Crippen LogP contribution in [0.2, 0.25) is 0 Å². The summed E-state index contributed by atoms with van der Waals surface area (Å²) in [6, 6.07) is 17.6. The van der Waals surface area contributed by atoms with E-state index in [1.165, 1.54) is 0 Å². The van der Waals surface area contributed by atoms with E-state index in [1.807, 2.05) is 54.7 Å². The lowest BCUT2D eigenvalue weighted by Crippen LogP contribution is -2.13. The lowest BCUT2D eigenvalue weighted by molar-refractivity contribution is 0.0996. The highest BCUT2D eigenvalue weighted by Gasteiger charge is 2.14. The number of carbonyl (C=O) groups excluding carboxylic acids is 1. The minimum atomic E-state index is -0.521. The molecule has 2 aromatic heterocycles. The molecule has 0 aliphatic heterocycles. The molecule has 0 saturated carbocycles. The standard InChI is InChI=1S/C18H13N3O/c19-18(22)16-9-11-5-1-2-6-12(11)17(21-16)14-10-20-15-8-4-3-7-13(14)15/h1-10,20H,(H2,19,22). The van der Waals surface area contributed by atoms with Crippen molar-refractivity contribution in [1.29, 1.82) is 0 Å². The van der Waals surface area contributed by atoms with Gasteiger partial charge >= 0.3 is 0 Å². The molecule has 4 aromatic rings. The minimum Gasteiger partial charge on any atom is -0.364 e. The molecule has 0 aliphatic carbocycles. The first-order valence-electron chi connectivity index (χ1n) is 7.00. The Kier molecular flexibility index (Phi) is 2.69. The fraction of sp³-hybridized carbons (Fsp3) is 0. The van der Waals surface area contributed by atoms with Crippen LogP contribution >= 0.6 is 0 Å². The van der Waals surface area contributed by atoms with Gasteiger partial charge in [-0.3, -0.25) is 4.79 Å². The minimum absolute atomic E-state index is 0.277. The second-order valence-electron chi connectivity index (χ2n) is 5.19. The van der Waals surface area contributed by atoms with Gasteiger partial charge in [-0.05, 0) is 17.5 Å². The normalized spacial score (nSPS) is 11.1. The smallest absolute Gasteiger partial charge is 0.267 e. The quantitative estimate of drug-likeness (QED) is 0.592. The fourth-order valence-corrected chi connectivity index (χ4v) is 2.80. The van der Waals surface area contributed by atoms with Crippen LogP contribution < -0.4 is 5.73 Å². The first-order chi connectivity index (χ1) is 10.7. The molecule has 3 N–H and O–H groups in total. The highest BCUT2D eigenvalue weighted by molar-refractivity contribution is 6.06. The van der Waals surface area contributed by atoms with E-state index in [0.29, 0.717) is 0 Å². The zero-order chi connectivity index (χ0) is 15.1. The average Bonchev–Trinajstić information content (AvgIpc) is 2.97.